The molecule has 1 N–H and O–H groups in total. The van der Waals surface area contributed by atoms with Gasteiger partial charge in [0.25, 0.3) is 5.91 Å². The van der Waals surface area contributed by atoms with Crippen molar-refractivity contribution in [2.75, 3.05) is 16.0 Å². The second kappa shape index (κ2) is 5.10. The van der Waals surface area contributed by atoms with Crippen molar-refractivity contribution in [2.45, 2.75) is 4.87 Å². The molecule has 2 heterocycles. The fourth-order valence-electron chi connectivity index (χ4n) is 3.69. The van der Waals surface area contributed by atoms with Crippen LogP contribution in [0.1, 0.15) is 5.56 Å². The fraction of sp³-hybridized carbons (Fsp3) is 0.100. The van der Waals surface area contributed by atoms with Gasteiger partial charge in [-0.05, 0) is 29.0 Å². The number of benzene rings is 3. The summed E-state index contributed by atoms with van der Waals surface area (Å²) in [4.78, 5) is 26.3. The number of fused-ring (bicyclic) bond motifs is 3. The SMILES string of the molecule is O=C1CSC2(C(=O)Nc3ccccc32)N1c1ccc2ccccc2c1. The maximum absolute atomic E-state index is 12.9. The predicted octanol–water partition coefficient (Wildman–Crippen LogP) is 3.72. The zero-order chi connectivity index (χ0) is 17.0. The van der Waals surface area contributed by atoms with Gasteiger partial charge in [0.2, 0.25) is 10.8 Å². The van der Waals surface area contributed by atoms with Crippen LogP contribution < -0.4 is 10.2 Å². The zero-order valence-electron chi connectivity index (χ0n) is 13.2. The Morgan fingerprint density at radius 2 is 1.68 bits per heavy atom. The van der Waals surface area contributed by atoms with Crippen LogP contribution in [0.15, 0.2) is 66.7 Å². The monoisotopic (exact) mass is 346 g/mol. The molecule has 1 atom stereocenters. The van der Waals surface area contributed by atoms with Crippen molar-refractivity contribution in [3.8, 4) is 0 Å². The lowest BCUT2D eigenvalue weighted by Crippen LogP contribution is -2.47. The summed E-state index contributed by atoms with van der Waals surface area (Å²) < 4.78 is 0. The molecule has 2 aliphatic rings. The Labute approximate surface area is 148 Å². The standard InChI is InChI=1S/C20H14N2O2S/c23-18-12-25-20(16-7-3-4-8-17(16)21-19(20)24)22(18)15-10-9-13-5-1-2-6-14(13)11-15/h1-11H,12H2,(H,21,24). The molecule has 0 saturated carbocycles. The summed E-state index contributed by atoms with van der Waals surface area (Å²) in [5, 5.41) is 5.09. The third-order valence-corrected chi connectivity index (χ3v) is 6.21. The maximum Gasteiger partial charge on any atom is 0.266 e. The van der Waals surface area contributed by atoms with Gasteiger partial charge < -0.3 is 5.32 Å². The molecule has 1 unspecified atom stereocenters. The highest BCUT2D eigenvalue weighted by Gasteiger charge is 2.58. The van der Waals surface area contributed by atoms with Crippen LogP contribution in [-0.4, -0.2) is 17.6 Å². The van der Waals surface area contributed by atoms with Gasteiger partial charge in [-0.3, -0.25) is 14.5 Å². The fourth-order valence-corrected chi connectivity index (χ4v) is 5.01. The summed E-state index contributed by atoms with van der Waals surface area (Å²) in [6.45, 7) is 0. The highest BCUT2D eigenvalue weighted by Crippen LogP contribution is 2.53. The second-order valence-corrected chi connectivity index (χ2v) is 7.36. The van der Waals surface area contributed by atoms with E-state index in [0.717, 1.165) is 27.7 Å². The quantitative estimate of drug-likeness (QED) is 0.730. The van der Waals surface area contributed by atoms with E-state index in [1.54, 1.807) is 4.90 Å². The van der Waals surface area contributed by atoms with Gasteiger partial charge in [0.05, 0.1) is 5.75 Å². The zero-order valence-corrected chi connectivity index (χ0v) is 14.0. The molecule has 3 aromatic carbocycles. The minimum absolute atomic E-state index is 0.0489. The van der Waals surface area contributed by atoms with E-state index < -0.39 is 4.87 Å². The normalized spacial score (nSPS) is 21.8. The second-order valence-electron chi connectivity index (χ2n) is 6.19. The number of nitrogens with zero attached hydrogens (tertiary/aromatic N) is 1. The summed E-state index contributed by atoms with van der Waals surface area (Å²) in [5.74, 6) is 0.0824. The van der Waals surface area contributed by atoms with E-state index in [-0.39, 0.29) is 17.6 Å². The first-order chi connectivity index (χ1) is 12.2. The summed E-state index contributed by atoms with van der Waals surface area (Å²) in [7, 11) is 0. The van der Waals surface area contributed by atoms with E-state index >= 15 is 0 Å². The van der Waals surface area contributed by atoms with Gasteiger partial charge in [-0.25, -0.2) is 0 Å². The molecule has 5 heteroatoms. The molecule has 5 rings (SSSR count). The number of para-hydroxylation sites is 1. The third-order valence-electron chi connectivity index (χ3n) is 4.81. The Balaban J connectivity index is 1.73. The Kier molecular flexibility index (Phi) is 2.97. The number of amides is 2. The number of thioether (sulfide) groups is 1. The molecule has 3 aromatic rings. The average molecular weight is 346 g/mol. The van der Waals surface area contributed by atoms with Crippen molar-refractivity contribution in [3.63, 3.8) is 0 Å². The Bertz CT molecular complexity index is 1050. The molecule has 1 saturated heterocycles. The van der Waals surface area contributed by atoms with Crippen molar-refractivity contribution >= 4 is 45.7 Å². The molecule has 122 valence electrons. The van der Waals surface area contributed by atoms with Crippen molar-refractivity contribution < 1.29 is 9.59 Å². The number of rotatable bonds is 1. The summed E-state index contributed by atoms with van der Waals surface area (Å²) in [5.41, 5.74) is 2.38. The number of carbonyl (C=O) groups excluding carboxylic acids is 2. The van der Waals surface area contributed by atoms with E-state index in [1.807, 2.05) is 66.7 Å². The molecule has 0 aliphatic carbocycles. The molecule has 1 fully saturated rings. The molecule has 0 aromatic heterocycles. The third kappa shape index (κ3) is 1.90. The molecule has 0 bridgehead atoms. The predicted molar refractivity (Wildman–Crippen MR) is 101 cm³/mol. The molecular formula is C20H14N2O2S. The van der Waals surface area contributed by atoms with Crippen LogP contribution in [0.4, 0.5) is 11.4 Å². The smallest absolute Gasteiger partial charge is 0.266 e. The highest BCUT2D eigenvalue weighted by atomic mass is 32.2. The number of carbonyl (C=O) groups is 2. The van der Waals surface area contributed by atoms with Gasteiger partial charge in [-0.15, -0.1) is 11.8 Å². The van der Waals surface area contributed by atoms with Gasteiger partial charge in [-0.1, -0.05) is 48.5 Å². The number of hydrogen-bond donors (Lipinski definition) is 1. The van der Waals surface area contributed by atoms with Crippen molar-refractivity contribution in [1.29, 1.82) is 0 Å². The lowest BCUT2D eigenvalue weighted by Gasteiger charge is -2.32. The summed E-state index contributed by atoms with van der Waals surface area (Å²) >= 11 is 1.38. The van der Waals surface area contributed by atoms with E-state index in [1.165, 1.54) is 11.8 Å². The number of nitrogens with one attached hydrogen (secondary N) is 1. The van der Waals surface area contributed by atoms with Crippen LogP contribution in [0.5, 0.6) is 0 Å². The van der Waals surface area contributed by atoms with Gasteiger partial charge in [0.1, 0.15) is 0 Å². The maximum atomic E-state index is 12.9. The Morgan fingerprint density at radius 1 is 0.920 bits per heavy atom. The van der Waals surface area contributed by atoms with Crippen molar-refractivity contribution in [1.82, 2.24) is 0 Å². The topological polar surface area (TPSA) is 49.4 Å². The van der Waals surface area contributed by atoms with Crippen molar-refractivity contribution in [2.24, 2.45) is 0 Å². The van der Waals surface area contributed by atoms with Crippen LogP contribution in [0, 0.1) is 0 Å². The minimum Gasteiger partial charge on any atom is -0.323 e. The van der Waals surface area contributed by atoms with Crippen LogP contribution in [0.2, 0.25) is 0 Å². The van der Waals surface area contributed by atoms with Crippen LogP contribution >= 0.6 is 11.8 Å². The van der Waals surface area contributed by atoms with Gasteiger partial charge in [0.15, 0.2) is 0 Å². The van der Waals surface area contributed by atoms with Crippen LogP contribution in [0.3, 0.4) is 0 Å². The van der Waals surface area contributed by atoms with E-state index in [9.17, 15) is 9.59 Å². The lowest BCUT2D eigenvalue weighted by atomic mass is 10.0. The van der Waals surface area contributed by atoms with Crippen LogP contribution in [-0.2, 0) is 14.5 Å². The van der Waals surface area contributed by atoms with Gasteiger partial charge in [0, 0.05) is 16.9 Å². The van der Waals surface area contributed by atoms with E-state index in [0.29, 0.717) is 0 Å². The first kappa shape index (κ1) is 14.5. The molecule has 2 aliphatic heterocycles. The molecular weight excluding hydrogens is 332 g/mol. The summed E-state index contributed by atoms with van der Waals surface area (Å²) in [6.07, 6.45) is 0. The minimum atomic E-state index is -1.02. The van der Waals surface area contributed by atoms with Crippen molar-refractivity contribution in [3.05, 3.63) is 72.3 Å². The average Bonchev–Trinajstić information content (AvgIpc) is 3.13. The van der Waals surface area contributed by atoms with Gasteiger partial charge in [-0.2, -0.15) is 0 Å². The first-order valence-electron chi connectivity index (χ1n) is 8.07. The van der Waals surface area contributed by atoms with Gasteiger partial charge >= 0.3 is 0 Å². The molecule has 25 heavy (non-hydrogen) atoms. The van der Waals surface area contributed by atoms with E-state index in [2.05, 4.69) is 5.32 Å². The molecule has 2 amide bonds. The number of hydrogen-bond acceptors (Lipinski definition) is 3. The van der Waals surface area contributed by atoms with E-state index in [4.69, 9.17) is 0 Å². The highest BCUT2D eigenvalue weighted by molar-refractivity contribution is 8.02. The summed E-state index contributed by atoms with van der Waals surface area (Å²) in [6, 6.07) is 21.5. The first-order valence-corrected chi connectivity index (χ1v) is 9.05. The largest absolute Gasteiger partial charge is 0.323 e. The number of anilines is 2. The Morgan fingerprint density at radius 3 is 2.56 bits per heavy atom. The Hall–Kier alpha value is -2.79. The molecule has 0 radical (unpaired) electrons. The molecule has 1 spiro atoms. The lowest BCUT2D eigenvalue weighted by molar-refractivity contribution is -0.122. The van der Waals surface area contributed by atoms with Crippen LogP contribution in [0.25, 0.3) is 10.8 Å². The molecule has 4 nitrogen and oxygen atoms in total.